The Bertz CT molecular complexity index is 992. The van der Waals surface area contributed by atoms with Crippen molar-refractivity contribution in [3.8, 4) is 11.8 Å². The van der Waals surface area contributed by atoms with Crippen molar-refractivity contribution in [1.82, 2.24) is 10.3 Å². The fourth-order valence-electron chi connectivity index (χ4n) is 2.74. The Labute approximate surface area is 140 Å². The second-order valence-electron chi connectivity index (χ2n) is 5.60. The molecule has 2 heterocycles. The van der Waals surface area contributed by atoms with E-state index in [1.807, 2.05) is 54.6 Å². The van der Waals surface area contributed by atoms with E-state index in [0.717, 1.165) is 46.5 Å². The average Bonchev–Trinajstić information content (AvgIpc) is 3.14. The van der Waals surface area contributed by atoms with E-state index in [2.05, 4.69) is 27.1 Å². The number of aliphatic imine (C=N–C) groups is 1. The maximum atomic E-state index is 5.88. The van der Waals surface area contributed by atoms with E-state index in [4.69, 9.17) is 5.73 Å². The monoisotopic (exact) mass is 312 g/mol. The van der Waals surface area contributed by atoms with Crippen LogP contribution in [0, 0.1) is 11.8 Å². The van der Waals surface area contributed by atoms with Gasteiger partial charge in [-0.2, -0.15) is 0 Å². The van der Waals surface area contributed by atoms with Gasteiger partial charge in [0.25, 0.3) is 0 Å². The Hall–Kier alpha value is -3.32. The summed E-state index contributed by atoms with van der Waals surface area (Å²) in [6, 6.07) is 17.8. The van der Waals surface area contributed by atoms with Gasteiger partial charge in [-0.1, -0.05) is 42.2 Å². The van der Waals surface area contributed by atoms with Crippen molar-refractivity contribution in [1.29, 1.82) is 0 Å². The summed E-state index contributed by atoms with van der Waals surface area (Å²) in [6.07, 6.45) is 0. The number of nitrogens with two attached hydrogens (primary N) is 1. The van der Waals surface area contributed by atoms with Crippen molar-refractivity contribution in [2.24, 2.45) is 4.99 Å². The Kier molecular flexibility index (Phi) is 3.60. The van der Waals surface area contributed by atoms with Crippen molar-refractivity contribution in [2.45, 2.75) is 0 Å². The molecule has 0 aliphatic carbocycles. The first-order valence-electron chi connectivity index (χ1n) is 7.86. The van der Waals surface area contributed by atoms with Crippen LogP contribution in [0.3, 0.4) is 0 Å². The molecule has 1 aromatic heterocycles. The molecule has 24 heavy (non-hydrogen) atoms. The zero-order chi connectivity index (χ0) is 16.4. The lowest BCUT2D eigenvalue weighted by Gasteiger charge is -2.02. The summed E-state index contributed by atoms with van der Waals surface area (Å²) in [5, 5.41) is 4.28. The number of para-hydroxylation sites is 1. The highest BCUT2D eigenvalue weighted by atomic mass is 15.1. The molecule has 116 valence electrons. The minimum absolute atomic E-state index is 0.485. The van der Waals surface area contributed by atoms with Crippen molar-refractivity contribution < 1.29 is 0 Å². The summed E-state index contributed by atoms with van der Waals surface area (Å²) in [4.78, 5) is 8.76. The van der Waals surface area contributed by atoms with Gasteiger partial charge in [0.05, 0.1) is 12.1 Å². The van der Waals surface area contributed by atoms with Gasteiger partial charge in [0.2, 0.25) is 0 Å². The Balaban J connectivity index is 1.67. The fourth-order valence-corrected chi connectivity index (χ4v) is 2.74. The topological polar surface area (TPSA) is 63.3 Å². The van der Waals surface area contributed by atoms with Gasteiger partial charge in [0.15, 0.2) is 0 Å². The van der Waals surface area contributed by atoms with Crippen molar-refractivity contribution in [3.63, 3.8) is 0 Å². The van der Waals surface area contributed by atoms with Gasteiger partial charge >= 0.3 is 0 Å². The molecule has 1 aliphatic rings. The minimum Gasteiger partial charge on any atom is -0.384 e. The van der Waals surface area contributed by atoms with Crippen LogP contribution in [0.5, 0.6) is 0 Å². The summed E-state index contributed by atoms with van der Waals surface area (Å²) < 4.78 is 0. The Morgan fingerprint density at radius 2 is 1.83 bits per heavy atom. The van der Waals surface area contributed by atoms with Crippen LogP contribution in [0.15, 0.2) is 59.6 Å². The molecule has 0 atom stereocenters. The molecular weight excluding hydrogens is 296 g/mol. The molecule has 0 saturated heterocycles. The summed E-state index contributed by atoms with van der Waals surface area (Å²) in [7, 11) is 0. The summed E-state index contributed by atoms with van der Waals surface area (Å²) in [6.45, 7) is 1.75. The van der Waals surface area contributed by atoms with Crippen LogP contribution in [0.4, 0.5) is 5.82 Å². The average molecular weight is 312 g/mol. The lowest BCUT2D eigenvalue weighted by molar-refractivity contribution is 0.960. The summed E-state index contributed by atoms with van der Waals surface area (Å²) in [5.74, 6) is 7.87. The fraction of sp³-hybridized carbons (Fsp3) is 0.100. The highest BCUT2D eigenvalue weighted by Gasteiger charge is 2.07. The van der Waals surface area contributed by atoms with Crippen LogP contribution in [0.2, 0.25) is 0 Å². The number of rotatable bonds is 1. The number of pyridine rings is 1. The number of nitrogens with zero attached hydrogens (tertiary/aromatic N) is 2. The van der Waals surface area contributed by atoms with Crippen LogP contribution < -0.4 is 11.1 Å². The summed E-state index contributed by atoms with van der Waals surface area (Å²) >= 11 is 0. The third kappa shape index (κ3) is 2.80. The molecule has 0 saturated carbocycles. The predicted octanol–water partition coefficient (Wildman–Crippen LogP) is 2.57. The van der Waals surface area contributed by atoms with Crippen LogP contribution in [0.1, 0.15) is 16.7 Å². The van der Waals surface area contributed by atoms with Crippen LogP contribution in [0.25, 0.3) is 10.9 Å². The first kappa shape index (κ1) is 14.3. The lowest BCUT2D eigenvalue weighted by Crippen LogP contribution is -2.19. The van der Waals surface area contributed by atoms with Crippen molar-refractivity contribution in [3.05, 3.63) is 71.3 Å². The molecule has 4 heteroatoms. The Morgan fingerprint density at radius 3 is 2.62 bits per heavy atom. The first-order chi connectivity index (χ1) is 11.8. The third-order valence-electron chi connectivity index (χ3n) is 3.91. The van der Waals surface area contributed by atoms with E-state index in [0.29, 0.717) is 5.82 Å². The highest BCUT2D eigenvalue weighted by Crippen LogP contribution is 2.18. The van der Waals surface area contributed by atoms with Gasteiger partial charge in [-0.3, -0.25) is 4.99 Å². The van der Waals surface area contributed by atoms with E-state index in [1.165, 1.54) is 0 Å². The second-order valence-corrected chi connectivity index (χ2v) is 5.60. The van der Waals surface area contributed by atoms with Crippen molar-refractivity contribution in [2.75, 3.05) is 18.8 Å². The number of amidine groups is 1. The van der Waals surface area contributed by atoms with Gasteiger partial charge in [-0.05, 0) is 24.3 Å². The number of benzene rings is 2. The number of anilines is 1. The number of fused-ring (bicyclic) bond motifs is 1. The molecule has 1 aliphatic heterocycles. The SMILES string of the molecule is Nc1cc(C#Cc2ccc(C3=NCCN3)cc2)c2ccccc2n1. The van der Waals surface area contributed by atoms with E-state index in [9.17, 15) is 0 Å². The molecule has 3 N–H and O–H groups in total. The number of hydrogen-bond acceptors (Lipinski definition) is 4. The zero-order valence-electron chi connectivity index (χ0n) is 13.1. The molecule has 0 bridgehead atoms. The molecule has 0 unspecified atom stereocenters. The van der Waals surface area contributed by atoms with E-state index >= 15 is 0 Å². The normalized spacial score (nSPS) is 13.1. The molecular formula is C20H16N4. The predicted molar refractivity (Wildman–Crippen MR) is 98.0 cm³/mol. The quantitative estimate of drug-likeness (QED) is 0.679. The molecule has 3 aromatic rings. The van der Waals surface area contributed by atoms with Gasteiger partial charge in [-0.15, -0.1) is 0 Å². The van der Waals surface area contributed by atoms with E-state index in [-0.39, 0.29) is 0 Å². The second kappa shape index (κ2) is 6.05. The third-order valence-corrected chi connectivity index (χ3v) is 3.91. The van der Waals surface area contributed by atoms with Crippen LogP contribution in [-0.4, -0.2) is 23.9 Å². The number of hydrogen-bond donors (Lipinski definition) is 2. The molecule has 4 nitrogen and oxygen atoms in total. The molecule has 2 aromatic carbocycles. The van der Waals surface area contributed by atoms with Gasteiger partial charge in [0.1, 0.15) is 11.7 Å². The van der Waals surface area contributed by atoms with Crippen molar-refractivity contribution >= 4 is 22.6 Å². The molecule has 0 spiro atoms. The zero-order valence-corrected chi connectivity index (χ0v) is 13.1. The Morgan fingerprint density at radius 1 is 1.00 bits per heavy atom. The van der Waals surface area contributed by atoms with Crippen LogP contribution >= 0.6 is 0 Å². The first-order valence-corrected chi connectivity index (χ1v) is 7.86. The van der Waals surface area contributed by atoms with E-state index < -0.39 is 0 Å². The molecule has 4 rings (SSSR count). The highest BCUT2D eigenvalue weighted by molar-refractivity contribution is 5.99. The standard InChI is InChI=1S/C20H16N4/c21-19-13-16(17-3-1-2-4-18(17)24-19)10-7-14-5-8-15(9-6-14)20-22-11-12-23-20/h1-6,8-9,13H,11-12H2,(H2,21,24)(H,22,23). The molecule has 0 fully saturated rings. The van der Waals surface area contributed by atoms with Crippen LogP contribution in [-0.2, 0) is 0 Å². The number of nitrogen functional groups attached to an aromatic ring is 1. The van der Waals surface area contributed by atoms with Gasteiger partial charge < -0.3 is 11.1 Å². The lowest BCUT2D eigenvalue weighted by atomic mass is 10.1. The van der Waals surface area contributed by atoms with Gasteiger partial charge in [-0.25, -0.2) is 4.98 Å². The largest absolute Gasteiger partial charge is 0.384 e. The minimum atomic E-state index is 0.485. The number of nitrogens with one attached hydrogen (secondary N) is 1. The smallest absolute Gasteiger partial charge is 0.128 e. The number of aromatic nitrogens is 1. The maximum absolute atomic E-state index is 5.88. The van der Waals surface area contributed by atoms with Gasteiger partial charge in [0, 0.05) is 28.6 Å². The molecule has 0 radical (unpaired) electrons. The summed E-state index contributed by atoms with van der Waals surface area (Å²) in [5.41, 5.74) is 9.69. The maximum Gasteiger partial charge on any atom is 0.128 e. The van der Waals surface area contributed by atoms with E-state index in [1.54, 1.807) is 0 Å². The molecule has 0 amide bonds.